The molecule has 2 N–H and O–H groups in total. The van der Waals surface area contributed by atoms with Crippen molar-refractivity contribution in [3.05, 3.63) is 0 Å². The van der Waals surface area contributed by atoms with Gasteiger partial charge in [-0.25, -0.2) is 0 Å². The van der Waals surface area contributed by atoms with Crippen LogP contribution in [-0.4, -0.2) is 37.4 Å². The normalized spacial score (nSPS) is 27.5. The number of aliphatic hydroxyl groups excluding tert-OH is 1. The van der Waals surface area contributed by atoms with E-state index in [1.165, 1.54) is 7.11 Å². The van der Waals surface area contributed by atoms with Crippen molar-refractivity contribution in [1.29, 1.82) is 0 Å². The average Bonchev–Trinajstić information content (AvgIpc) is 2.62. The Hall–Kier alpha value is -0.610. The Morgan fingerprint density at radius 3 is 3.08 bits per heavy atom. The summed E-state index contributed by atoms with van der Waals surface area (Å²) in [5.41, 5.74) is 0. The third-order valence-electron chi connectivity index (χ3n) is 2.48. The smallest absolute Gasteiger partial charge is 0.322 e. The number of esters is 1. The molecule has 13 heavy (non-hydrogen) atoms. The molecule has 4 nitrogen and oxygen atoms in total. The van der Waals surface area contributed by atoms with E-state index in [2.05, 4.69) is 10.1 Å². The lowest BCUT2D eigenvalue weighted by atomic mass is 10.0. The van der Waals surface area contributed by atoms with Gasteiger partial charge in [-0.05, 0) is 31.7 Å². The number of carbonyl (C=O) groups is 1. The third kappa shape index (κ3) is 2.97. The molecule has 1 aliphatic rings. The van der Waals surface area contributed by atoms with Crippen LogP contribution in [0.15, 0.2) is 0 Å². The molecule has 2 atom stereocenters. The van der Waals surface area contributed by atoms with Gasteiger partial charge in [-0.1, -0.05) is 0 Å². The van der Waals surface area contributed by atoms with Crippen molar-refractivity contribution in [1.82, 2.24) is 5.32 Å². The van der Waals surface area contributed by atoms with Crippen LogP contribution in [0.5, 0.6) is 0 Å². The van der Waals surface area contributed by atoms with Crippen molar-refractivity contribution in [2.24, 2.45) is 5.92 Å². The Morgan fingerprint density at radius 1 is 1.69 bits per heavy atom. The summed E-state index contributed by atoms with van der Waals surface area (Å²) >= 11 is 0. The lowest BCUT2D eigenvalue weighted by Crippen LogP contribution is -2.31. The molecule has 1 aliphatic heterocycles. The van der Waals surface area contributed by atoms with E-state index in [4.69, 9.17) is 5.11 Å². The molecule has 0 saturated carbocycles. The quantitative estimate of drug-likeness (QED) is 0.604. The van der Waals surface area contributed by atoms with E-state index in [-0.39, 0.29) is 18.6 Å². The monoisotopic (exact) mass is 187 g/mol. The van der Waals surface area contributed by atoms with Crippen LogP contribution in [0, 0.1) is 5.92 Å². The number of rotatable bonds is 4. The molecule has 0 aromatic rings. The number of hydrogen-bond acceptors (Lipinski definition) is 4. The molecular formula is C9H17NO3. The zero-order valence-electron chi connectivity index (χ0n) is 7.95. The first-order valence-electron chi connectivity index (χ1n) is 4.70. The summed E-state index contributed by atoms with van der Waals surface area (Å²) < 4.78 is 4.64. The van der Waals surface area contributed by atoms with Gasteiger partial charge in [0, 0.05) is 6.61 Å². The maximum atomic E-state index is 11.1. The van der Waals surface area contributed by atoms with Gasteiger partial charge in [-0.2, -0.15) is 0 Å². The highest BCUT2D eigenvalue weighted by atomic mass is 16.5. The van der Waals surface area contributed by atoms with Gasteiger partial charge in [0.25, 0.3) is 0 Å². The summed E-state index contributed by atoms with van der Waals surface area (Å²) in [4.78, 5) is 11.1. The molecule has 0 amide bonds. The van der Waals surface area contributed by atoms with Crippen LogP contribution in [0.3, 0.4) is 0 Å². The molecule has 0 radical (unpaired) electrons. The van der Waals surface area contributed by atoms with Crippen LogP contribution in [-0.2, 0) is 9.53 Å². The van der Waals surface area contributed by atoms with Crippen LogP contribution in [0.4, 0.5) is 0 Å². The van der Waals surface area contributed by atoms with E-state index >= 15 is 0 Å². The summed E-state index contributed by atoms with van der Waals surface area (Å²) in [6, 6.07) is -0.131. The van der Waals surface area contributed by atoms with Gasteiger partial charge in [-0.15, -0.1) is 0 Å². The van der Waals surface area contributed by atoms with E-state index in [0.717, 1.165) is 25.8 Å². The topological polar surface area (TPSA) is 58.6 Å². The second kappa shape index (κ2) is 5.19. The summed E-state index contributed by atoms with van der Waals surface area (Å²) in [5, 5.41) is 11.7. The van der Waals surface area contributed by atoms with Crippen LogP contribution in [0.2, 0.25) is 0 Å². The summed E-state index contributed by atoms with van der Waals surface area (Å²) in [5.74, 6) is 0.336. The van der Waals surface area contributed by atoms with Crippen molar-refractivity contribution in [2.45, 2.75) is 25.3 Å². The minimum Gasteiger partial charge on any atom is -0.468 e. The Labute approximate surface area is 78.3 Å². The molecule has 0 aromatic carbocycles. The summed E-state index contributed by atoms with van der Waals surface area (Å²) in [7, 11) is 1.41. The summed E-state index contributed by atoms with van der Waals surface area (Å²) in [6.07, 6.45) is 2.64. The Morgan fingerprint density at radius 2 is 2.46 bits per heavy atom. The van der Waals surface area contributed by atoms with E-state index < -0.39 is 0 Å². The first kappa shape index (κ1) is 10.5. The highest BCUT2D eigenvalue weighted by Gasteiger charge is 2.29. The molecular weight excluding hydrogens is 170 g/mol. The highest BCUT2D eigenvalue weighted by Crippen LogP contribution is 2.19. The van der Waals surface area contributed by atoms with Crippen molar-refractivity contribution in [2.75, 3.05) is 20.3 Å². The van der Waals surface area contributed by atoms with Crippen LogP contribution in [0.1, 0.15) is 19.3 Å². The zero-order chi connectivity index (χ0) is 9.68. The predicted molar refractivity (Wildman–Crippen MR) is 48.2 cm³/mol. The Balaban J connectivity index is 2.23. The van der Waals surface area contributed by atoms with Gasteiger partial charge in [-0.3, -0.25) is 4.79 Å². The first-order valence-corrected chi connectivity index (χ1v) is 4.70. The molecule has 1 saturated heterocycles. The third-order valence-corrected chi connectivity index (χ3v) is 2.48. The summed E-state index contributed by atoms with van der Waals surface area (Å²) in [6.45, 7) is 1.10. The molecule has 0 aliphatic carbocycles. The predicted octanol–water partition coefficient (Wildman–Crippen LogP) is -0.0900. The molecule has 2 unspecified atom stereocenters. The van der Waals surface area contributed by atoms with E-state index in [9.17, 15) is 4.79 Å². The number of aliphatic hydroxyl groups is 1. The van der Waals surface area contributed by atoms with Crippen LogP contribution >= 0.6 is 0 Å². The number of nitrogens with one attached hydrogen (secondary N) is 1. The fraction of sp³-hybridized carbons (Fsp3) is 0.889. The minimum atomic E-state index is -0.175. The number of methoxy groups -OCH3 is 1. The van der Waals surface area contributed by atoms with Crippen LogP contribution < -0.4 is 5.32 Å². The van der Waals surface area contributed by atoms with Gasteiger partial charge in [0.15, 0.2) is 0 Å². The lowest BCUT2D eigenvalue weighted by molar-refractivity contribution is -0.142. The lowest BCUT2D eigenvalue weighted by Gasteiger charge is -2.07. The van der Waals surface area contributed by atoms with E-state index in [0.29, 0.717) is 5.92 Å². The van der Waals surface area contributed by atoms with Gasteiger partial charge < -0.3 is 15.2 Å². The maximum Gasteiger partial charge on any atom is 0.322 e. The molecule has 0 aromatic heterocycles. The highest BCUT2D eigenvalue weighted by molar-refractivity contribution is 5.75. The molecule has 76 valence electrons. The molecule has 0 bridgehead atoms. The standard InChI is InChI=1S/C9H17NO3/c1-13-9(12)8-5-7(6-10-8)3-2-4-11/h7-8,10-11H,2-6H2,1H3. The molecule has 1 fully saturated rings. The second-order valence-electron chi connectivity index (χ2n) is 3.45. The van der Waals surface area contributed by atoms with Gasteiger partial charge in [0.05, 0.1) is 7.11 Å². The molecule has 1 heterocycles. The minimum absolute atomic E-state index is 0.131. The van der Waals surface area contributed by atoms with E-state index in [1.807, 2.05) is 0 Å². The average molecular weight is 187 g/mol. The maximum absolute atomic E-state index is 11.1. The number of ether oxygens (including phenoxy) is 1. The van der Waals surface area contributed by atoms with Crippen molar-refractivity contribution in [3.63, 3.8) is 0 Å². The second-order valence-corrected chi connectivity index (χ2v) is 3.45. The van der Waals surface area contributed by atoms with Gasteiger partial charge in [0.2, 0.25) is 0 Å². The molecule has 1 rings (SSSR count). The fourth-order valence-corrected chi connectivity index (χ4v) is 1.73. The van der Waals surface area contributed by atoms with Crippen molar-refractivity contribution in [3.8, 4) is 0 Å². The molecule has 4 heteroatoms. The largest absolute Gasteiger partial charge is 0.468 e. The number of carbonyl (C=O) groups excluding carboxylic acids is 1. The number of hydrogen-bond donors (Lipinski definition) is 2. The Bertz CT molecular complexity index is 172. The SMILES string of the molecule is COC(=O)C1CC(CCCO)CN1. The van der Waals surface area contributed by atoms with Crippen molar-refractivity contribution < 1.29 is 14.6 Å². The molecule has 0 spiro atoms. The Kier molecular flexibility index (Phi) is 4.18. The first-order chi connectivity index (χ1) is 6.27. The van der Waals surface area contributed by atoms with Crippen molar-refractivity contribution >= 4 is 5.97 Å². The van der Waals surface area contributed by atoms with Gasteiger partial charge >= 0.3 is 5.97 Å². The zero-order valence-corrected chi connectivity index (χ0v) is 7.95. The van der Waals surface area contributed by atoms with Gasteiger partial charge in [0.1, 0.15) is 6.04 Å². The van der Waals surface area contributed by atoms with E-state index in [1.54, 1.807) is 0 Å². The fourth-order valence-electron chi connectivity index (χ4n) is 1.73. The van der Waals surface area contributed by atoms with Crippen LogP contribution in [0.25, 0.3) is 0 Å².